The third-order valence-corrected chi connectivity index (χ3v) is 7.11. The lowest BCUT2D eigenvalue weighted by Crippen LogP contribution is -2.50. The maximum atomic E-state index is 12.6. The summed E-state index contributed by atoms with van der Waals surface area (Å²) in [5.74, 6) is 0.393. The standard InChI is InChI=1S/C23H31N3O4S/c1-17(2)24-31(28,29)21-10-8-20(9-11-21)30-16-23(27)26-14-12-25(13-15-26)22-7-5-6-18(3)19(22)4/h5-11,17,24H,12-16H2,1-4H3. The molecule has 2 aromatic carbocycles. The number of nitrogens with zero attached hydrogens (tertiary/aromatic N) is 2. The van der Waals surface area contributed by atoms with Gasteiger partial charge in [0.05, 0.1) is 4.90 Å². The first-order valence-corrected chi connectivity index (χ1v) is 12.0. The number of ether oxygens (including phenoxy) is 1. The number of aryl methyl sites for hydroxylation is 1. The molecule has 1 fully saturated rings. The molecule has 0 aliphatic carbocycles. The summed E-state index contributed by atoms with van der Waals surface area (Å²) in [4.78, 5) is 16.9. The number of hydrogen-bond donors (Lipinski definition) is 1. The van der Waals surface area contributed by atoms with Crippen molar-refractivity contribution in [3.63, 3.8) is 0 Å². The number of sulfonamides is 1. The van der Waals surface area contributed by atoms with E-state index in [0.29, 0.717) is 18.8 Å². The molecule has 0 unspecified atom stereocenters. The fourth-order valence-electron chi connectivity index (χ4n) is 3.60. The number of amides is 1. The molecule has 0 bridgehead atoms. The molecule has 1 heterocycles. The molecule has 1 N–H and O–H groups in total. The average molecular weight is 446 g/mol. The quantitative estimate of drug-likeness (QED) is 0.709. The first-order chi connectivity index (χ1) is 14.7. The highest BCUT2D eigenvalue weighted by atomic mass is 32.2. The van der Waals surface area contributed by atoms with Crippen molar-refractivity contribution in [2.75, 3.05) is 37.7 Å². The Bertz CT molecular complexity index is 1010. The number of benzene rings is 2. The summed E-state index contributed by atoms with van der Waals surface area (Å²) in [6.45, 7) is 10.6. The van der Waals surface area contributed by atoms with E-state index < -0.39 is 10.0 Å². The highest BCUT2D eigenvalue weighted by Crippen LogP contribution is 2.24. The van der Waals surface area contributed by atoms with Crippen LogP contribution in [0.3, 0.4) is 0 Å². The smallest absolute Gasteiger partial charge is 0.260 e. The predicted octanol–water partition coefficient (Wildman–Crippen LogP) is 2.72. The molecule has 0 saturated carbocycles. The lowest BCUT2D eigenvalue weighted by Gasteiger charge is -2.37. The Morgan fingerprint density at radius 2 is 1.68 bits per heavy atom. The van der Waals surface area contributed by atoms with Crippen LogP contribution in [0.15, 0.2) is 47.4 Å². The molecule has 31 heavy (non-hydrogen) atoms. The molecule has 7 nitrogen and oxygen atoms in total. The van der Waals surface area contributed by atoms with Crippen molar-refractivity contribution >= 4 is 21.6 Å². The molecule has 3 rings (SSSR count). The van der Waals surface area contributed by atoms with Gasteiger partial charge in [-0.15, -0.1) is 0 Å². The van der Waals surface area contributed by atoms with E-state index in [1.165, 1.54) is 28.9 Å². The second-order valence-corrected chi connectivity index (χ2v) is 9.84. The largest absolute Gasteiger partial charge is 0.484 e. The first-order valence-electron chi connectivity index (χ1n) is 10.5. The van der Waals surface area contributed by atoms with Crippen LogP contribution in [0.1, 0.15) is 25.0 Å². The second kappa shape index (κ2) is 9.70. The van der Waals surface area contributed by atoms with E-state index in [1.807, 2.05) is 4.90 Å². The van der Waals surface area contributed by atoms with Gasteiger partial charge in [-0.3, -0.25) is 4.79 Å². The second-order valence-electron chi connectivity index (χ2n) is 8.12. The van der Waals surface area contributed by atoms with E-state index in [9.17, 15) is 13.2 Å². The molecule has 0 aromatic heterocycles. The van der Waals surface area contributed by atoms with Crippen molar-refractivity contribution in [3.05, 3.63) is 53.6 Å². The van der Waals surface area contributed by atoms with Crippen LogP contribution in [0.2, 0.25) is 0 Å². The summed E-state index contributed by atoms with van der Waals surface area (Å²) in [6, 6.07) is 12.2. The molecule has 1 aliphatic rings. The summed E-state index contributed by atoms with van der Waals surface area (Å²) in [5.41, 5.74) is 3.77. The average Bonchev–Trinajstić information content (AvgIpc) is 2.73. The summed E-state index contributed by atoms with van der Waals surface area (Å²) >= 11 is 0. The minimum absolute atomic E-state index is 0.0696. The topological polar surface area (TPSA) is 79.0 Å². The minimum Gasteiger partial charge on any atom is -0.484 e. The van der Waals surface area contributed by atoms with Gasteiger partial charge in [-0.05, 0) is 69.2 Å². The molecule has 2 aromatic rings. The van der Waals surface area contributed by atoms with Crippen LogP contribution in [-0.2, 0) is 14.8 Å². The molecule has 1 aliphatic heterocycles. The minimum atomic E-state index is -3.54. The number of carbonyl (C=O) groups is 1. The Balaban J connectivity index is 1.51. The van der Waals surface area contributed by atoms with Crippen LogP contribution in [0.5, 0.6) is 5.75 Å². The maximum Gasteiger partial charge on any atom is 0.260 e. The Kier molecular flexibility index (Phi) is 7.23. The normalized spacial score (nSPS) is 14.7. The third-order valence-electron chi connectivity index (χ3n) is 5.44. The van der Waals surface area contributed by atoms with E-state index in [0.717, 1.165) is 13.1 Å². The van der Waals surface area contributed by atoms with Crippen LogP contribution in [0.25, 0.3) is 0 Å². The lowest BCUT2D eigenvalue weighted by molar-refractivity contribution is -0.133. The SMILES string of the molecule is Cc1cccc(N2CCN(C(=O)COc3ccc(S(=O)(=O)NC(C)C)cc3)CC2)c1C. The Hall–Kier alpha value is -2.58. The fraction of sp³-hybridized carbons (Fsp3) is 0.435. The number of piperazine rings is 1. The van der Waals surface area contributed by atoms with Crippen molar-refractivity contribution in [2.45, 2.75) is 38.6 Å². The Morgan fingerprint density at radius 3 is 2.29 bits per heavy atom. The maximum absolute atomic E-state index is 12.6. The monoisotopic (exact) mass is 445 g/mol. The fourth-order valence-corrected chi connectivity index (χ4v) is 4.86. The van der Waals surface area contributed by atoms with Crippen LogP contribution in [0.4, 0.5) is 5.69 Å². The van der Waals surface area contributed by atoms with Crippen LogP contribution in [-0.4, -0.2) is 58.1 Å². The molecule has 0 radical (unpaired) electrons. The highest BCUT2D eigenvalue weighted by Gasteiger charge is 2.23. The molecule has 0 spiro atoms. The molecule has 168 valence electrons. The Labute approximate surface area is 185 Å². The third kappa shape index (κ3) is 5.77. The number of carbonyl (C=O) groups excluding carboxylic acids is 1. The molecular weight excluding hydrogens is 414 g/mol. The van der Waals surface area contributed by atoms with Gasteiger partial charge in [-0.25, -0.2) is 13.1 Å². The van der Waals surface area contributed by atoms with Gasteiger partial charge in [-0.2, -0.15) is 0 Å². The van der Waals surface area contributed by atoms with Gasteiger partial charge in [0.2, 0.25) is 10.0 Å². The molecule has 8 heteroatoms. The highest BCUT2D eigenvalue weighted by molar-refractivity contribution is 7.89. The molecule has 0 atom stereocenters. The van der Waals surface area contributed by atoms with Gasteiger partial charge in [0.15, 0.2) is 6.61 Å². The van der Waals surface area contributed by atoms with Crippen molar-refractivity contribution in [1.29, 1.82) is 0 Å². The molecular formula is C23H31N3O4S. The van der Waals surface area contributed by atoms with Crippen molar-refractivity contribution in [2.24, 2.45) is 0 Å². The number of rotatable bonds is 7. The first kappa shape index (κ1) is 23.1. The van der Waals surface area contributed by atoms with E-state index >= 15 is 0 Å². The van der Waals surface area contributed by atoms with E-state index in [1.54, 1.807) is 26.0 Å². The zero-order valence-electron chi connectivity index (χ0n) is 18.6. The molecule has 1 saturated heterocycles. The van der Waals surface area contributed by atoms with Gasteiger partial charge in [0.25, 0.3) is 5.91 Å². The van der Waals surface area contributed by atoms with Gasteiger partial charge >= 0.3 is 0 Å². The van der Waals surface area contributed by atoms with Crippen molar-refractivity contribution < 1.29 is 17.9 Å². The lowest BCUT2D eigenvalue weighted by atomic mass is 10.1. The van der Waals surface area contributed by atoms with Gasteiger partial charge in [0, 0.05) is 37.9 Å². The summed E-state index contributed by atoms with van der Waals surface area (Å²) in [5, 5.41) is 0. The van der Waals surface area contributed by atoms with Crippen molar-refractivity contribution in [1.82, 2.24) is 9.62 Å². The van der Waals surface area contributed by atoms with Crippen LogP contribution >= 0.6 is 0 Å². The van der Waals surface area contributed by atoms with Gasteiger partial charge < -0.3 is 14.5 Å². The van der Waals surface area contributed by atoms with E-state index in [-0.39, 0.29) is 23.5 Å². The van der Waals surface area contributed by atoms with E-state index in [2.05, 4.69) is 41.7 Å². The number of nitrogens with one attached hydrogen (secondary N) is 1. The van der Waals surface area contributed by atoms with Crippen LogP contribution < -0.4 is 14.4 Å². The summed E-state index contributed by atoms with van der Waals surface area (Å²) in [7, 11) is -3.54. The summed E-state index contributed by atoms with van der Waals surface area (Å²) in [6.07, 6.45) is 0. The molecule has 1 amide bonds. The Morgan fingerprint density at radius 1 is 1.03 bits per heavy atom. The predicted molar refractivity (Wildman–Crippen MR) is 122 cm³/mol. The van der Waals surface area contributed by atoms with Gasteiger partial charge in [-0.1, -0.05) is 12.1 Å². The number of anilines is 1. The van der Waals surface area contributed by atoms with Crippen molar-refractivity contribution in [3.8, 4) is 5.75 Å². The number of hydrogen-bond acceptors (Lipinski definition) is 5. The zero-order chi connectivity index (χ0) is 22.6. The summed E-state index contributed by atoms with van der Waals surface area (Å²) < 4.78 is 32.5. The zero-order valence-corrected chi connectivity index (χ0v) is 19.4. The van der Waals surface area contributed by atoms with Crippen LogP contribution in [0, 0.1) is 13.8 Å². The van der Waals surface area contributed by atoms with E-state index in [4.69, 9.17) is 4.74 Å². The van der Waals surface area contributed by atoms with Gasteiger partial charge in [0.1, 0.15) is 5.75 Å².